The van der Waals surface area contributed by atoms with E-state index in [9.17, 15) is 13.2 Å². The van der Waals surface area contributed by atoms with Crippen LogP contribution in [0.4, 0.5) is 0 Å². The zero-order chi connectivity index (χ0) is 13.3. The van der Waals surface area contributed by atoms with Crippen LogP contribution in [0.25, 0.3) is 0 Å². The summed E-state index contributed by atoms with van der Waals surface area (Å²) >= 11 is 6.39. The number of nitrogens with one attached hydrogen (secondary N) is 1. The number of thiazole rings is 1. The smallest absolute Gasteiger partial charge is 0.251 e. The minimum absolute atomic E-state index is 0.00257. The molecule has 3 N–H and O–H groups in total. The van der Waals surface area contributed by atoms with Crippen LogP contribution in [0.15, 0.2) is 10.4 Å². The van der Waals surface area contributed by atoms with Crippen LogP contribution in [0.2, 0.25) is 4.47 Å². The van der Waals surface area contributed by atoms with E-state index < -0.39 is 21.3 Å². The lowest BCUT2D eigenvalue weighted by Gasteiger charge is -2.20. The molecular formula is C8H12ClN3O3S2. The fraction of sp³-hybridized carbons (Fsp3) is 0.500. The van der Waals surface area contributed by atoms with Crippen molar-refractivity contribution in [3.8, 4) is 0 Å². The fourth-order valence-electron chi connectivity index (χ4n) is 0.797. The predicted molar refractivity (Wildman–Crippen MR) is 65.3 cm³/mol. The van der Waals surface area contributed by atoms with Crippen LogP contribution in [-0.2, 0) is 14.8 Å². The van der Waals surface area contributed by atoms with Gasteiger partial charge in [-0.25, -0.2) is 18.1 Å². The Bertz CT molecular complexity index is 524. The number of hydrogen-bond acceptors (Lipinski definition) is 5. The first-order valence-electron chi connectivity index (χ1n) is 4.56. The van der Waals surface area contributed by atoms with Crippen molar-refractivity contribution in [2.75, 3.05) is 6.54 Å². The summed E-state index contributed by atoms with van der Waals surface area (Å²) in [5, 5.41) is 0. The maximum Gasteiger partial charge on any atom is 0.251 e. The van der Waals surface area contributed by atoms with Gasteiger partial charge in [-0.3, -0.25) is 4.79 Å². The third-order valence-electron chi connectivity index (χ3n) is 2.09. The van der Waals surface area contributed by atoms with Gasteiger partial charge < -0.3 is 5.73 Å². The van der Waals surface area contributed by atoms with E-state index in [1.165, 1.54) is 0 Å². The summed E-state index contributed by atoms with van der Waals surface area (Å²) in [5.41, 5.74) is 4.18. The molecule has 0 saturated carbocycles. The van der Waals surface area contributed by atoms with Crippen LogP contribution in [0.3, 0.4) is 0 Å². The van der Waals surface area contributed by atoms with Gasteiger partial charge in [-0.05, 0) is 13.8 Å². The Morgan fingerprint density at radius 1 is 1.65 bits per heavy atom. The molecule has 0 bridgehead atoms. The quantitative estimate of drug-likeness (QED) is 0.830. The molecule has 6 nitrogen and oxygen atoms in total. The Kier molecular flexibility index (Phi) is 4.13. The Morgan fingerprint density at radius 3 is 2.65 bits per heavy atom. The Morgan fingerprint density at radius 2 is 2.24 bits per heavy atom. The van der Waals surface area contributed by atoms with Gasteiger partial charge in [-0.2, -0.15) is 0 Å². The Hall–Kier alpha value is -0.700. The average molecular weight is 298 g/mol. The molecule has 0 spiro atoms. The van der Waals surface area contributed by atoms with Crippen LogP contribution in [0.5, 0.6) is 0 Å². The van der Waals surface area contributed by atoms with Gasteiger partial charge in [0.2, 0.25) is 5.91 Å². The van der Waals surface area contributed by atoms with Gasteiger partial charge in [0.05, 0.1) is 11.6 Å². The summed E-state index contributed by atoms with van der Waals surface area (Å²) in [6.07, 6.45) is 1.16. The standard InChI is InChI=1S/C8H12ClN3O3S2/c1-8(2,6(10)13)4-12-17(14,15)5-3-11-7(9)16-5/h3,12H,4H2,1-2H3,(H2,10,13). The highest BCUT2D eigenvalue weighted by Crippen LogP contribution is 2.23. The summed E-state index contributed by atoms with van der Waals surface area (Å²) in [6.45, 7) is 3.02. The molecule has 0 saturated heterocycles. The lowest BCUT2D eigenvalue weighted by atomic mass is 9.93. The van der Waals surface area contributed by atoms with E-state index in [0.29, 0.717) is 0 Å². The number of nitrogens with two attached hydrogens (primary N) is 1. The van der Waals surface area contributed by atoms with Gasteiger partial charge in [-0.1, -0.05) is 22.9 Å². The number of amides is 1. The normalized spacial score (nSPS) is 12.6. The van der Waals surface area contributed by atoms with Crippen molar-refractivity contribution in [2.24, 2.45) is 11.1 Å². The molecule has 0 aromatic carbocycles. The average Bonchev–Trinajstić information content (AvgIpc) is 2.63. The van der Waals surface area contributed by atoms with Gasteiger partial charge >= 0.3 is 0 Å². The highest BCUT2D eigenvalue weighted by Gasteiger charge is 2.28. The fourth-order valence-corrected chi connectivity index (χ4v) is 3.35. The molecular weight excluding hydrogens is 286 g/mol. The molecule has 1 heterocycles. The molecule has 0 fully saturated rings. The van der Waals surface area contributed by atoms with Crippen molar-refractivity contribution in [2.45, 2.75) is 18.1 Å². The summed E-state index contributed by atoms with van der Waals surface area (Å²) in [4.78, 5) is 14.7. The highest BCUT2D eigenvalue weighted by molar-refractivity contribution is 7.91. The highest BCUT2D eigenvalue weighted by atomic mass is 35.5. The number of rotatable bonds is 5. The lowest BCUT2D eigenvalue weighted by Crippen LogP contribution is -2.42. The predicted octanol–water partition coefficient (Wildman–Crippen LogP) is 0.586. The van der Waals surface area contributed by atoms with Crippen molar-refractivity contribution in [3.05, 3.63) is 10.7 Å². The van der Waals surface area contributed by atoms with E-state index in [4.69, 9.17) is 17.3 Å². The molecule has 0 unspecified atom stereocenters. The molecule has 1 aromatic heterocycles. The van der Waals surface area contributed by atoms with Crippen molar-refractivity contribution < 1.29 is 13.2 Å². The number of nitrogens with zero attached hydrogens (tertiary/aromatic N) is 1. The number of primary amides is 1. The van der Waals surface area contributed by atoms with Crippen molar-refractivity contribution in [3.63, 3.8) is 0 Å². The first-order valence-corrected chi connectivity index (χ1v) is 7.24. The van der Waals surface area contributed by atoms with Gasteiger partial charge in [0, 0.05) is 6.54 Å². The molecule has 17 heavy (non-hydrogen) atoms. The molecule has 0 aliphatic rings. The number of sulfonamides is 1. The second kappa shape index (κ2) is 4.89. The van der Waals surface area contributed by atoms with Crippen LogP contribution < -0.4 is 10.5 Å². The van der Waals surface area contributed by atoms with E-state index in [0.717, 1.165) is 17.5 Å². The molecule has 9 heteroatoms. The maximum absolute atomic E-state index is 11.8. The minimum atomic E-state index is -3.69. The van der Waals surface area contributed by atoms with Crippen molar-refractivity contribution in [1.29, 1.82) is 0 Å². The second-order valence-electron chi connectivity index (χ2n) is 4.00. The monoisotopic (exact) mass is 297 g/mol. The van der Waals surface area contributed by atoms with Gasteiger partial charge in [0.1, 0.15) is 0 Å². The SMILES string of the molecule is CC(C)(CNS(=O)(=O)c1cnc(Cl)s1)C(N)=O. The summed E-state index contributed by atoms with van der Waals surface area (Å²) in [6, 6.07) is 0. The molecule has 1 aromatic rings. The molecule has 0 aliphatic heterocycles. The second-order valence-corrected chi connectivity index (χ2v) is 7.61. The van der Waals surface area contributed by atoms with E-state index >= 15 is 0 Å². The summed E-state index contributed by atoms with van der Waals surface area (Å²) in [5.74, 6) is -0.581. The van der Waals surface area contributed by atoms with E-state index in [-0.39, 0.29) is 15.2 Å². The number of aromatic nitrogens is 1. The van der Waals surface area contributed by atoms with Crippen LogP contribution in [0.1, 0.15) is 13.8 Å². The number of hydrogen-bond donors (Lipinski definition) is 2. The van der Waals surface area contributed by atoms with Crippen molar-refractivity contribution in [1.82, 2.24) is 9.71 Å². The minimum Gasteiger partial charge on any atom is -0.369 e. The molecule has 0 aliphatic carbocycles. The topological polar surface area (TPSA) is 102 Å². The third-order valence-corrected chi connectivity index (χ3v) is 5.07. The molecule has 1 amide bonds. The molecule has 0 radical (unpaired) electrons. The first kappa shape index (κ1) is 14.4. The van der Waals surface area contributed by atoms with Gasteiger partial charge in [-0.15, -0.1) is 0 Å². The largest absolute Gasteiger partial charge is 0.369 e. The number of carbonyl (C=O) groups is 1. The zero-order valence-electron chi connectivity index (χ0n) is 9.23. The van der Waals surface area contributed by atoms with E-state index in [2.05, 4.69) is 9.71 Å². The van der Waals surface area contributed by atoms with Gasteiger partial charge in [0.25, 0.3) is 10.0 Å². The third kappa shape index (κ3) is 3.63. The molecule has 0 atom stereocenters. The van der Waals surface area contributed by atoms with Crippen LogP contribution in [0, 0.1) is 5.41 Å². The zero-order valence-corrected chi connectivity index (χ0v) is 11.6. The van der Waals surface area contributed by atoms with Crippen LogP contribution in [-0.4, -0.2) is 25.9 Å². The lowest BCUT2D eigenvalue weighted by molar-refractivity contribution is -0.125. The van der Waals surface area contributed by atoms with E-state index in [1.807, 2.05) is 0 Å². The van der Waals surface area contributed by atoms with Crippen LogP contribution >= 0.6 is 22.9 Å². The number of halogens is 1. The molecule has 1 rings (SSSR count). The molecule has 96 valence electrons. The Labute approximate surface area is 108 Å². The van der Waals surface area contributed by atoms with E-state index in [1.54, 1.807) is 13.8 Å². The number of carbonyl (C=O) groups excluding carboxylic acids is 1. The maximum atomic E-state index is 11.8. The van der Waals surface area contributed by atoms with Gasteiger partial charge in [0.15, 0.2) is 8.68 Å². The first-order chi connectivity index (χ1) is 7.65. The van der Waals surface area contributed by atoms with Crippen molar-refractivity contribution >= 4 is 38.9 Å². The Balaban J connectivity index is 2.79. The summed E-state index contributed by atoms with van der Waals surface area (Å²) in [7, 11) is -3.69. The summed E-state index contributed by atoms with van der Waals surface area (Å²) < 4.78 is 26.0.